The zero-order chi connectivity index (χ0) is 5.98. The Morgan fingerprint density at radius 3 is 3.00 bits per heavy atom. The second-order valence-corrected chi connectivity index (χ2v) is 2.09. The molecule has 1 aliphatic rings. The number of allylic oxidation sites excluding steroid dienone is 1. The molecule has 3 heteroatoms. The number of aliphatic imine (C=N–C) groups is 1. The summed E-state index contributed by atoms with van der Waals surface area (Å²) in [6, 6.07) is 0. The van der Waals surface area contributed by atoms with Crippen LogP contribution in [0.1, 0.15) is 6.92 Å². The molecule has 1 N–H and O–H groups in total. The van der Waals surface area contributed by atoms with Crippen LogP contribution in [0, 0.1) is 0 Å². The lowest BCUT2D eigenvalue weighted by Crippen LogP contribution is -2.17. The highest BCUT2D eigenvalue weighted by Gasteiger charge is 1.97. The van der Waals surface area contributed by atoms with Gasteiger partial charge in [0.25, 0.3) is 0 Å². The Morgan fingerprint density at radius 2 is 2.62 bits per heavy atom. The van der Waals surface area contributed by atoms with Gasteiger partial charge < -0.3 is 5.32 Å². The number of rotatable bonds is 0. The van der Waals surface area contributed by atoms with E-state index in [9.17, 15) is 0 Å². The lowest BCUT2D eigenvalue weighted by Gasteiger charge is -2.05. The minimum Gasteiger partial charge on any atom is -0.383 e. The lowest BCUT2D eigenvalue weighted by atomic mass is 10.5. The van der Waals surface area contributed by atoms with Gasteiger partial charge in [0.15, 0.2) is 0 Å². The van der Waals surface area contributed by atoms with Crippen LogP contribution in [0.5, 0.6) is 0 Å². The highest BCUT2D eigenvalue weighted by molar-refractivity contribution is 6.66. The van der Waals surface area contributed by atoms with Crippen molar-refractivity contribution in [2.45, 2.75) is 6.92 Å². The number of halogens is 1. The van der Waals surface area contributed by atoms with Gasteiger partial charge in [0.2, 0.25) is 0 Å². The molecule has 0 saturated carbocycles. The molecule has 44 valence electrons. The average molecular weight is 131 g/mol. The molecule has 0 spiro atoms. The predicted molar refractivity (Wildman–Crippen MR) is 35.0 cm³/mol. The van der Waals surface area contributed by atoms with E-state index >= 15 is 0 Å². The fourth-order valence-corrected chi connectivity index (χ4v) is 0.757. The molecular formula is C5H7ClN2. The Bertz CT molecular complexity index is 149. The van der Waals surface area contributed by atoms with E-state index < -0.39 is 0 Å². The molecule has 0 radical (unpaired) electrons. The summed E-state index contributed by atoms with van der Waals surface area (Å²) in [5.74, 6) is 0. The van der Waals surface area contributed by atoms with Crippen molar-refractivity contribution in [2.24, 2.45) is 4.99 Å². The largest absolute Gasteiger partial charge is 0.383 e. The summed E-state index contributed by atoms with van der Waals surface area (Å²) in [6.07, 6.45) is 1.84. The first kappa shape index (κ1) is 5.63. The molecular weight excluding hydrogens is 124 g/mol. The van der Waals surface area contributed by atoms with Crippen molar-refractivity contribution >= 4 is 16.8 Å². The van der Waals surface area contributed by atoms with Crippen molar-refractivity contribution in [1.29, 1.82) is 0 Å². The molecule has 0 saturated heterocycles. The van der Waals surface area contributed by atoms with E-state index in [2.05, 4.69) is 10.3 Å². The van der Waals surface area contributed by atoms with Crippen LogP contribution in [0.15, 0.2) is 16.9 Å². The standard InChI is InChI=1S/C5H7ClN2/c1-4-2-7-3-5(6)8-4/h2,7H,3H2,1H3. The summed E-state index contributed by atoms with van der Waals surface area (Å²) < 4.78 is 0. The first-order valence-corrected chi connectivity index (χ1v) is 2.80. The Hall–Kier alpha value is -0.500. The Kier molecular flexibility index (Phi) is 1.53. The van der Waals surface area contributed by atoms with Crippen LogP contribution in [0.2, 0.25) is 0 Å². The van der Waals surface area contributed by atoms with Gasteiger partial charge in [-0.05, 0) is 6.92 Å². The van der Waals surface area contributed by atoms with E-state index in [4.69, 9.17) is 11.6 Å². The molecule has 0 amide bonds. The van der Waals surface area contributed by atoms with Crippen LogP contribution in [0.25, 0.3) is 0 Å². The number of hydrogen-bond acceptors (Lipinski definition) is 2. The second-order valence-electron chi connectivity index (χ2n) is 1.65. The van der Waals surface area contributed by atoms with Gasteiger partial charge in [-0.2, -0.15) is 0 Å². The maximum absolute atomic E-state index is 5.56. The molecule has 0 unspecified atom stereocenters. The van der Waals surface area contributed by atoms with E-state index in [0.29, 0.717) is 11.7 Å². The molecule has 0 aromatic rings. The van der Waals surface area contributed by atoms with Crippen LogP contribution < -0.4 is 5.32 Å². The third-order valence-electron chi connectivity index (χ3n) is 0.857. The van der Waals surface area contributed by atoms with Gasteiger partial charge in [-0.25, -0.2) is 4.99 Å². The fourth-order valence-electron chi connectivity index (χ4n) is 0.546. The third-order valence-corrected chi connectivity index (χ3v) is 1.07. The van der Waals surface area contributed by atoms with E-state index in [1.54, 1.807) is 0 Å². The SMILES string of the molecule is CC1=CNCC(Cl)=N1. The smallest absolute Gasteiger partial charge is 0.125 e. The predicted octanol–water partition coefficient (Wildman–Crippen LogP) is 1.09. The molecule has 8 heavy (non-hydrogen) atoms. The summed E-state index contributed by atoms with van der Waals surface area (Å²) in [5.41, 5.74) is 0.932. The Balaban J connectivity index is 2.69. The van der Waals surface area contributed by atoms with E-state index in [1.165, 1.54) is 0 Å². The fraction of sp³-hybridized carbons (Fsp3) is 0.400. The van der Waals surface area contributed by atoms with Crippen molar-refractivity contribution in [1.82, 2.24) is 5.32 Å². The maximum Gasteiger partial charge on any atom is 0.125 e. The van der Waals surface area contributed by atoms with Gasteiger partial charge in [-0.1, -0.05) is 11.6 Å². The molecule has 1 aliphatic heterocycles. The molecule has 0 bridgehead atoms. The number of hydrogen-bond donors (Lipinski definition) is 1. The molecule has 0 fully saturated rings. The quantitative estimate of drug-likeness (QED) is 0.522. The maximum atomic E-state index is 5.56. The van der Waals surface area contributed by atoms with Gasteiger partial charge in [0, 0.05) is 6.20 Å². The highest BCUT2D eigenvalue weighted by atomic mass is 35.5. The summed E-state index contributed by atoms with van der Waals surface area (Å²) in [5, 5.41) is 3.59. The van der Waals surface area contributed by atoms with Crippen LogP contribution in [-0.2, 0) is 0 Å². The van der Waals surface area contributed by atoms with Gasteiger partial charge in [0.05, 0.1) is 12.2 Å². The van der Waals surface area contributed by atoms with E-state index in [0.717, 1.165) is 5.70 Å². The summed E-state index contributed by atoms with van der Waals surface area (Å²) >= 11 is 5.56. The summed E-state index contributed by atoms with van der Waals surface area (Å²) in [6.45, 7) is 2.56. The molecule has 0 aromatic heterocycles. The summed E-state index contributed by atoms with van der Waals surface area (Å²) in [4.78, 5) is 3.96. The Morgan fingerprint density at radius 1 is 1.88 bits per heavy atom. The van der Waals surface area contributed by atoms with Gasteiger partial charge in [0.1, 0.15) is 5.17 Å². The zero-order valence-corrected chi connectivity index (χ0v) is 5.37. The molecule has 0 aliphatic carbocycles. The van der Waals surface area contributed by atoms with Gasteiger partial charge in [-0.3, -0.25) is 0 Å². The lowest BCUT2D eigenvalue weighted by molar-refractivity contribution is 0.968. The topological polar surface area (TPSA) is 24.4 Å². The van der Waals surface area contributed by atoms with Crippen LogP contribution in [0.3, 0.4) is 0 Å². The van der Waals surface area contributed by atoms with Crippen LogP contribution in [0.4, 0.5) is 0 Å². The van der Waals surface area contributed by atoms with Crippen molar-refractivity contribution in [3.8, 4) is 0 Å². The third kappa shape index (κ3) is 1.23. The minimum absolute atomic E-state index is 0.630. The van der Waals surface area contributed by atoms with Crippen molar-refractivity contribution in [2.75, 3.05) is 6.54 Å². The molecule has 2 nitrogen and oxygen atoms in total. The normalized spacial score (nSPS) is 18.8. The van der Waals surface area contributed by atoms with Crippen molar-refractivity contribution < 1.29 is 0 Å². The minimum atomic E-state index is 0.630. The number of nitrogens with zero attached hydrogens (tertiary/aromatic N) is 1. The Labute approximate surface area is 53.3 Å². The van der Waals surface area contributed by atoms with Crippen molar-refractivity contribution in [3.05, 3.63) is 11.9 Å². The average Bonchev–Trinajstić information content (AvgIpc) is 1.64. The number of nitrogens with one attached hydrogen (secondary N) is 1. The molecule has 1 heterocycles. The molecule has 0 aromatic carbocycles. The van der Waals surface area contributed by atoms with Gasteiger partial charge >= 0.3 is 0 Å². The van der Waals surface area contributed by atoms with Crippen LogP contribution >= 0.6 is 11.6 Å². The first-order valence-electron chi connectivity index (χ1n) is 2.42. The first-order chi connectivity index (χ1) is 3.79. The van der Waals surface area contributed by atoms with E-state index in [1.807, 2.05) is 13.1 Å². The van der Waals surface area contributed by atoms with Crippen LogP contribution in [-0.4, -0.2) is 11.7 Å². The second kappa shape index (κ2) is 2.18. The molecule has 0 atom stereocenters. The highest BCUT2D eigenvalue weighted by Crippen LogP contribution is 1.99. The van der Waals surface area contributed by atoms with Crippen molar-refractivity contribution in [3.63, 3.8) is 0 Å². The summed E-state index contributed by atoms with van der Waals surface area (Å²) in [7, 11) is 0. The monoisotopic (exact) mass is 130 g/mol. The zero-order valence-electron chi connectivity index (χ0n) is 4.61. The van der Waals surface area contributed by atoms with Gasteiger partial charge in [-0.15, -0.1) is 0 Å². The van der Waals surface area contributed by atoms with E-state index in [-0.39, 0.29) is 0 Å². The molecule has 1 rings (SSSR count).